The molecule has 5 heteroatoms. The Bertz CT molecular complexity index is 1980. The molecule has 53 heavy (non-hydrogen) atoms. The van der Waals surface area contributed by atoms with Crippen molar-refractivity contribution in [1.29, 1.82) is 0 Å². The van der Waals surface area contributed by atoms with E-state index < -0.39 is 20.3 Å². The molecular weight excluding hydrogens is 665 g/mol. The number of aliphatic hydroxyl groups excluding tert-OH is 2. The molecule has 2 aromatic heterocycles. The third-order valence-corrected chi connectivity index (χ3v) is 17.7. The van der Waals surface area contributed by atoms with E-state index in [1.165, 1.54) is 11.1 Å². The fourth-order valence-corrected chi connectivity index (χ4v) is 13.3. The average Bonchev–Trinajstić information content (AvgIpc) is 3.79. The second-order valence-electron chi connectivity index (χ2n) is 18.0. The minimum absolute atomic E-state index is 0.0352. The van der Waals surface area contributed by atoms with Crippen molar-refractivity contribution in [2.24, 2.45) is 0 Å². The summed E-state index contributed by atoms with van der Waals surface area (Å²) in [4.78, 5) is 7.16. The Hall–Kier alpha value is -4.08. The quantitative estimate of drug-likeness (QED) is 0.0855. The van der Waals surface area contributed by atoms with Crippen LogP contribution in [0.2, 0.25) is 16.6 Å². The number of aromatic nitrogens is 2. The zero-order valence-electron chi connectivity index (χ0n) is 34.1. The van der Waals surface area contributed by atoms with Crippen molar-refractivity contribution in [3.8, 4) is 11.5 Å². The second-order valence-corrected chi connectivity index (χ2v) is 23.6. The standard InChI is InChI=1S/C48H62N2O2Si/c1-31(2)53(32(3)4,33(5)6)30-29-34-13-15-36(16-14-34)45(51)42-27-25-40(49-42)44(35-17-21-38(22-18-35)47(7,8)9)41-26-28-43(50-41)46(52)37-19-23-39(24-20-37)48(10,11)12/h13-28,31-33,44-46,49-52H,1-12H3. The number of benzene rings is 3. The van der Waals surface area contributed by atoms with E-state index in [2.05, 4.69) is 153 Å². The molecular formula is C48H62N2O2Si. The third-order valence-electron chi connectivity index (χ3n) is 11.4. The van der Waals surface area contributed by atoms with Crippen LogP contribution in [-0.4, -0.2) is 28.3 Å². The highest BCUT2D eigenvalue weighted by atomic mass is 28.3. The molecule has 3 atom stereocenters. The molecule has 0 radical (unpaired) electrons. The molecule has 0 bridgehead atoms. The normalized spacial score (nSPS) is 14.4. The van der Waals surface area contributed by atoms with Crippen LogP contribution in [0.3, 0.4) is 0 Å². The lowest BCUT2D eigenvalue weighted by molar-refractivity contribution is 0.215. The summed E-state index contributed by atoms with van der Waals surface area (Å²) in [5.74, 6) is 3.37. The van der Waals surface area contributed by atoms with E-state index >= 15 is 0 Å². The molecule has 3 unspecified atom stereocenters. The first-order valence-corrected chi connectivity index (χ1v) is 21.6. The zero-order chi connectivity index (χ0) is 38.9. The largest absolute Gasteiger partial charge is 0.382 e. The maximum absolute atomic E-state index is 11.6. The van der Waals surface area contributed by atoms with Crippen molar-refractivity contribution in [2.75, 3.05) is 0 Å². The minimum atomic E-state index is -1.84. The molecule has 0 amide bonds. The monoisotopic (exact) mass is 726 g/mol. The lowest BCUT2D eigenvalue weighted by Gasteiger charge is -2.38. The van der Waals surface area contributed by atoms with E-state index in [0.717, 1.165) is 45.0 Å². The molecule has 5 aromatic rings. The molecule has 280 valence electrons. The Morgan fingerprint density at radius 3 is 1.17 bits per heavy atom. The van der Waals surface area contributed by atoms with E-state index in [1.807, 2.05) is 48.5 Å². The first kappa shape index (κ1) is 40.1. The van der Waals surface area contributed by atoms with Crippen molar-refractivity contribution in [2.45, 2.75) is 129 Å². The molecule has 0 aliphatic carbocycles. The highest BCUT2D eigenvalue weighted by Crippen LogP contribution is 2.41. The van der Waals surface area contributed by atoms with E-state index in [-0.39, 0.29) is 16.7 Å². The molecule has 0 saturated carbocycles. The maximum Gasteiger partial charge on any atom is 0.146 e. The van der Waals surface area contributed by atoms with Crippen molar-refractivity contribution in [1.82, 2.24) is 9.97 Å². The van der Waals surface area contributed by atoms with Crippen LogP contribution < -0.4 is 0 Å². The van der Waals surface area contributed by atoms with Gasteiger partial charge >= 0.3 is 0 Å². The highest BCUT2D eigenvalue weighted by Gasteiger charge is 2.41. The maximum atomic E-state index is 11.6. The predicted molar refractivity (Wildman–Crippen MR) is 225 cm³/mol. The van der Waals surface area contributed by atoms with Crippen LogP contribution in [0.5, 0.6) is 0 Å². The molecule has 4 nitrogen and oxygen atoms in total. The summed E-state index contributed by atoms with van der Waals surface area (Å²) < 4.78 is 0. The number of nitrogens with one attached hydrogen (secondary N) is 2. The number of H-pyrrole nitrogens is 2. The number of hydrogen-bond acceptors (Lipinski definition) is 2. The third kappa shape index (κ3) is 8.67. The molecule has 0 saturated heterocycles. The summed E-state index contributed by atoms with van der Waals surface area (Å²) in [6.07, 6.45) is -1.60. The summed E-state index contributed by atoms with van der Waals surface area (Å²) in [5.41, 5.74) is 15.3. The second kappa shape index (κ2) is 15.7. The van der Waals surface area contributed by atoms with Crippen LogP contribution >= 0.6 is 0 Å². The van der Waals surface area contributed by atoms with Gasteiger partial charge in [0.15, 0.2) is 0 Å². The molecule has 0 fully saturated rings. The van der Waals surface area contributed by atoms with Crippen LogP contribution in [0.15, 0.2) is 97.1 Å². The van der Waals surface area contributed by atoms with Gasteiger partial charge in [-0.15, -0.1) is 5.54 Å². The van der Waals surface area contributed by atoms with Gasteiger partial charge in [0.05, 0.1) is 5.92 Å². The number of aliphatic hydroxyl groups is 2. The first-order chi connectivity index (χ1) is 24.8. The van der Waals surface area contributed by atoms with Crippen molar-refractivity contribution in [3.63, 3.8) is 0 Å². The molecule has 0 aliphatic rings. The molecule has 2 heterocycles. The fourth-order valence-electron chi connectivity index (χ4n) is 8.10. The summed E-state index contributed by atoms with van der Waals surface area (Å²) in [6.45, 7) is 27.3. The van der Waals surface area contributed by atoms with Crippen LogP contribution in [-0.2, 0) is 10.8 Å². The van der Waals surface area contributed by atoms with E-state index in [4.69, 9.17) is 0 Å². The Morgan fingerprint density at radius 1 is 0.472 bits per heavy atom. The summed E-state index contributed by atoms with van der Waals surface area (Å²) in [6, 6.07) is 33.2. The van der Waals surface area contributed by atoms with Gasteiger partial charge in [-0.2, -0.15) is 0 Å². The molecule has 5 rings (SSSR count). The van der Waals surface area contributed by atoms with Gasteiger partial charge in [-0.3, -0.25) is 0 Å². The smallest absolute Gasteiger partial charge is 0.146 e. The zero-order valence-corrected chi connectivity index (χ0v) is 35.1. The van der Waals surface area contributed by atoms with Gasteiger partial charge in [0.25, 0.3) is 0 Å². The number of hydrogen-bond donors (Lipinski definition) is 4. The van der Waals surface area contributed by atoms with Crippen LogP contribution in [0.25, 0.3) is 0 Å². The highest BCUT2D eigenvalue weighted by molar-refractivity contribution is 6.90. The average molecular weight is 727 g/mol. The summed E-state index contributed by atoms with van der Waals surface area (Å²) >= 11 is 0. The Kier molecular flexibility index (Phi) is 11.9. The Balaban J connectivity index is 1.45. The van der Waals surface area contributed by atoms with Gasteiger partial charge < -0.3 is 20.2 Å². The van der Waals surface area contributed by atoms with E-state index in [1.54, 1.807) is 0 Å². The SMILES string of the molecule is CC(C)[Si](C#Cc1ccc(C(O)c2ccc(C(c3ccc(C(C)(C)C)cc3)c3ccc(C(O)c4ccc(C(C)(C)C)cc4)[nH]3)[nH]2)cc1)(C(C)C)C(C)C. The summed E-state index contributed by atoms with van der Waals surface area (Å²) in [5, 5.41) is 23.0. The molecule has 3 aromatic carbocycles. The lowest BCUT2D eigenvalue weighted by Crippen LogP contribution is -2.43. The fraction of sp³-hybridized carbons (Fsp3) is 0.417. The van der Waals surface area contributed by atoms with Gasteiger partial charge in [-0.1, -0.05) is 150 Å². The van der Waals surface area contributed by atoms with E-state index in [0.29, 0.717) is 16.6 Å². The topological polar surface area (TPSA) is 72.0 Å². The minimum Gasteiger partial charge on any atom is -0.382 e. The lowest BCUT2D eigenvalue weighted by atomic mass is 9.84. The first-order valence-electron chi connectivity index (χ1n) is 19.4. The Morgan fingerprint density at radius 2 is 0.811 bits per heavy atom. The molecule has 0 aliphatic heterocycles. The predicted octanol–water partition coefficient (Wildman–Crippen LogP) is 11.9. The van der Waals surface area contributed by atoms with Gasteiger partial charge in [0.2, 0.25) is 0 Å². The molecule has 0 spiro atoms. The van der Waals surface area contributed by atoms with Gasteiger partial charge in [0, 0.05) is 28.3 Å². The van der Waals surface area contributed by atoms with Gasteiger partial charge in [-0.05, 0) is 91.7 Å². The van der Waals surface area contributed by atoms with E-state index in [9.17, 15) is 10.2 Å². The van der Waals surface area contributed by atoms with Crippen LogP contribution in [0.4, 0.5) is 0 Å². The van der Waals surface area contributed by atoms with Gasteiger partial charge in [-0.25, -0.2) is 0 Å². The van der Waals surface area contributed by atoms with Crippen molar-refractivity contribution >= 4 is 8.07 Å². The van der Waals surface area contributed by atoms with Crippen molar-refractivity contribution in [3.05, 3.63) is 153 Å². The van der Waals surface area contributed by atoms with Crippen LogP contribution in [0, 0.1) is 11.5 Å². The number of aromatic amines is 2. The van der Waals surface area contributed by atoms with Crippen molar-refractivity contribution < 1.29 is 10.2 Å². The van der Waals surface area contributed by atoms with Crippen LogP contribution in [0.1, 0.15) is 157 Å². The molecule has 4 N–H and O–H groups in total. The summed E-state index contributed by atoms with van der Waals surface area (Å²) in [7, 11) is -1.84. The van der Waals surface area contributed by atoms with Gasteiger partial charge in [0.1, 0.15) is 20.3 Å². The number of rotatable bonds is 10. The Labute approximate surface area is 320 Å².